The lowest BCUT2D eigenvalue weighted by molar-refractivity contribution is -0.136. The molecule has 0 radical (unpaired) electrons. The average molecular weight is 450 g/mol. The van der Waals surface area contributed by atoms with Crippen LogP contribution >= 0.6 is 0 Å². The highest BCUT2D eigenvalue weighted by Gasteiger charge is 2.41. The Hall–Kier alpha value is -3.48. The zero-order valence-electron chi connectivity index (χ0n) is 18.8. The quantitative estimate of drug-likeness (QED) is 0.441. The molecular formula is C26H28FN3O3. The van der Waals surface area contributed by atoms with Gasteiger partial charge in [0.1, 0.15) is 5.82 Å². The largest absolute Gasteiger partial charge is 0.481 e. The maximum Gasteiger partial charge on any atom is 0.305 e. The number of carboxylic acid groups (broad SMARTS) is 1. The Kier molecular flexibility index (Phi) is 6.31. The van der Waals surface area contributed by atoms with Crippen LogP contribution < -0.4 is 10.6 Å². The van der Waals surface area contributed by atoms with Crippen LogP contribution in [0.2, 0.25) is 0 Å². The first-order chi connectivity index (χ1) is 15.7. The van der Waals surface area contributed by atoms with Crippen molar-refractivity contribution in [3.05, 3.63) is 71.7 Å². The maximum atomic E-state index is 13.7. The number of carbonyl (C=O) groups is 2. The Morgan fingerprint density at radius 2 is 1.88 bits per heavy atom. The lowest BCUT2D eigenvalue weighted by atomic mass is 9.61. The summed E-state index contributed by atoms with van der Waals surface area (Å²) < 4.78 is 13.7. The lowest BCUT2D eigenvalue weighted by Gasteiger charge is -2.47. The number of carbonyl (C=O) groups excluding carboxylic acids is 1. The van der Waals surface area contributed by atoms with Crippen LogP contribution in [0, 0.1) is 17.2 Å². The second-order valence-corrected chi connectivity index (χ2v) is 9.54. The SMILES string of the molecule is CC1(C)CC([C@H](Nc2cnc3ccc(F)cc3c2)c2ccc(C(=O)NCCC(=O)O)cc2)C1. The van der Waals surface area contributed by atoms with Crippen molar-refractivity contribution in [1.29, 1.82) is 0 Å². The Labute approximate surface area is 192 Å². The number of fused-ring (bicyclic) bond motifs is 1. The standard InChI is InChI=1S/C26H28FN3O3/c1-26(2)13-19(14-26)24(30-21-12-18-11-20(27)7-8-22(18)29-15-21)16-3-5-17(6-4-16)25(33)28-10-9-23(31)32/h3-8,11-12,15,19,24,30H,9-10,13-14H2,1-2H3,(H,28,33)(H,31,32)/t24-/m1/s1. The van der Waals surface area contributed by atoms with Gasteiger partial charge in [-0.2, -0.15) is 0 Å². The Morgan fingerprint density at radius 1 is 1.15 bits per heavy atom. The molecule has 1 atom stereocenters. The van der Waals surface area contributed by atoms with Gasteiger partial charge in [-0.05, 0) is 66.1 Å². The minimum Gasteiger partial charge on any atom is -0.481 e. The fraction of sp³-hybridized carbons (Fsp3) is 0.346. The van der Waals surface area contributed by atoms with Gasteiger partial charge in [0.05, 0.1) is 29.9 Å². The molecule has 3 aromatic rings. The van der Waals surface area contributed by atoms with E-state index in [0.717, 1.165) is 35.0 Å². The molecule has 2 aromatic carbocycles. The number of hydrogen-bond donors (Lipinski definition) is 3. The summed E-state index contributed by atoms with van der Waals surface area (Å²) in [4.78, 5) is 27.4. The van der Waals surface area contributed by atoms with Crippen LogP contribution in [0.15, 0.2) is 54.7 Å². The highest BCUT2D eigenvalue weighted by Crippen LogP contribution is 2.51. The molecule has 172 valence electrons. The monoisotopic (exact) mass is 449 g/mol. The molecule has 1 aromatic heterocycles. The molecule has 1 aliphatic carbocycles. The van der Waals surface area contributed by atoms with Crippen LogP contribution in [0.4, 0.5) is 10.1 Å². The summed E-state index contributed by atoms with van der Waals surface area (Å²) in [5.74, 6) is -1.12. The summed E-state index contributed by atoms with van der Waals surface area (Å²) in [5, 5.41) is 15.7. The second kappa shape index (κ2) is 9.17. The van der Waals surface area contributed by atoms with E-state index in [9.17, 15) is 14.0 Å². The minimum absolute atomic E-state index is 0.0231. The fourth-order valence-electron chi connectivity index (χ4n) is 4.66. The predicted molar refractivity (Wildman–Crippen MR) is 126 cm³/mol. The van der Waals surface area contributed by atoms with E-state index >= 15 is 0 Å². The van der Waals surface area contributed by atoms with E-state index < -0.39 is 5.97 Å². The summed E-state index contributed by atoms with van der Waals surface area (Å²) in [6.45, 7) is 4.60. The Bertz CT molecular complexity index is 1170. The zero-order chi connectivity index (χ0) is 23.6. The Balaban J connectivity index is 1.54. The number of aromatic nitrogens is 1. The van der Waals surface area contributed by atoms with Gasteiger partial charge in [0.15, 0.2) is 0 Å². The normalized spacial score (nSPS) is 16.1. The van der Waals surface area contributed by atoms with E-state index in [2.05, 4.69) is 29.5 Å². The fourth-order valence-corrected chi connectivity index (χ4v) is 4.66. The highest BCUT2D eigenvalue weighted by molar-refractivity contribution is 5.94. The summed E-state index contributed by atoms with van der Waals surface area (Å²) >= 11 is 0. The number of aliphatic carboxylic acids is 1. The number of nitrogens with zero attached hydrogens (tertiary/aromatic N) is 1. The first-order valence-electron chi connectivity index (χ1n) is 11.1. The molecule has 1 aliphatic rings. The first-order valence-corrected chi connectivity index (χ1v) is 11.1. The summed E-state index contributed by atoms with van der Waals surface area (Å²) in [5.41, 5.74) is 3.38. The third kappa shape index (κ3) is 5.48. The van der Waals surface area contributed by atoms with E-state index in [-0.39, 0.29) is 30.7 Å². The molecule has 0 spiro atoms. The van der Waals surface area contributed by atoms with E-state index in [1.807, 2.05) is 18.2 Å². The van der Waals surface area contributed by atoms with Crippen LogP contribution in [0.5, 0.6) is 0 Å². The third-order valence-corrected chi connectivity index (χ3v) is 6.22. The van der Waals surface area contributed by atoms with E-state index in [0.29, 0.717) is 16.9 Å². The number of pyridine rings is 1. The van der Waals surface area contributed by atoms with Crippen LogP contribution in [0.25, 0.3) is 10.9 Å². The number of amides is 1. The number of hydrogen-bond acceptors (Lipinski definition) is 4. The molecule has 6 nitrogen and oxygen atoms in total. The molecule has 3 N–H and O–H groups in total. The Morgan fingerprint density at radius 3 is 2.55 bits per heavy atom. The van der Waals surface area contributed by atoms with Gasteiger partial charge in [-0.15, -0.1) is 0 Å². The molecule has 0 saturated heterocycles. The van der Waals surface area contributed by atoms with Crippen LogP contribution in [0.3, 0.4) is 0 Å². The number of halogens is 1. The molecule has 0 bridgehead atoms. The van der Waals surface area contributed by atoms with E-state index in [1.165, 1.54) is 12.1 Å². The van der Waals surface area contributed by atoms with Crippen molar-refractivity contribution in [3.63, 3.8) is 0 Å². The number of benzene rings is 2. The van der Waals surface area contributed by atoms with Crippen molar-refractivity contribution in [3.8, 4) is 0 Å². The molecule has 7 heteroatoms. The van der Waals surface area contributed by atoms with Crippen molar-refractivity contribution in [2.45, 2.75) is 39.2 Å². The van der Waals surface area contributed by atoms with Gasteiger partial charge in [0, 0.05) is 17.5 Å². The molecular weight excluding hydrogens is 421 g/mol. The summed E-state index contributed by atoms with van der Waals surface area (Å²) in [6, 6.07) is 13.9. The van der Waals surface area contributed by atoms with Crippen molar-refractivity contribution in [1.82, 2.24) is 10.3 Å². The molecule has 0 unspecified atom stereocenters. The second-order valence-electron chi connectivity index (χ2n) is 9.54. The molecule has 1 amide bonds. The van der Waals surface area contributed by atoms with Gasteiger partial charge in [0.2, 0.25) is 0 Å². The number of rotatable bonds is 8. The third-order valence-electron chi connectivity index (χ3n) is 6.22. The molecule has 1 heterocycles. The number of carboxylic acids is 1. The molecule has 4 rings (SSSR count). The smallest absolute Gasteiger partial charge is 0.305 e. The van der Waals surface area contributed by atoms with Crippen molar-refractivity contribution in [2.24, 2.45) is 11.3 Å². The van der Waals surface area contributed by atoms with Crippen LogP contribution in [-0.2, 0) is 4.79 Å². The predicted octanol–water partition coefficient (Wildman–Crippen LogP) is 5.17. The van der Waals surface area contributed by atoms with Crippen LogP contribution in [0.1, 0.15) is 55.1 Å². The summed E-state index contributed by atoms with van der Waals surface area (Å²) in [7, 11) is 0. The molecule has 33 heavy (non-hydrogen) atoms. The van der Waals surface area contributed by atoms with Gasteiger partial charge in [-0.1, -0.05) is 26.0 Å². The van der Waals surface area contributed by atoms with Gasteiger partial charge >= 0.3 is 5.97 Å². The minimum atomic E-state index is -0.950. The van der Waals surface area contributed by atoms with Gasteiger partial charge < -0.3 is 15.7 Å². The topological polar surface area (TPSA) is 91.3 Å². The van der Waals surface area contributed by atoms with Crippen molar-refractivity contribution >= 4 is 28.5 Å². The molecule has 1 fully saturated rings. The van der Waals surface area contributed by atoms with Crippen molar-refractivity contribution in [2.75, 3.05) is 11.9 Å². The average Bonchev–Trinajstić information content (AvgIpc) is 2.75. The lowest BCUT2D eigenvalue weighted by Crippen LogP contribution is -2.38. The maximum absolute atomic E-state index is 13.7. The van der Waals surface area contributed by atoms with Gasteiger partial charge in [-0.25, -0.2) is 4.39 Å². The van der Waals surface area contributed by atoms with Gasteiger partial charge in [0.25, 0.3) is 5.91 Å². The summed E-state index contributed by atoms with van der Waals surface area (Å²) in [6.07, 6.45) is 3.79. The highest BCUT2D eigenvalue weighted by atomic mass is 19.1. The zero-order valence-corrected chi connectivity index (χ0v) is 18.8. The van der Waals surface area contributed by atoms with Gasteiger partial charge in [-0.3, -0.25) is 14.6 Å². The molecule has 1 saturated carbocycles. The molecule has 0 aliphatic heterocycles. The number of nitrogens with one attached hydrogen (secondary N) is 2. The van der Waals surface area contributed by atoms with E-state index in [4.69, 9.17) is 5.11 Å². The number of anilines is 1. The van der Waals surface area contributed by atoms with E-state index in [1.54, 1.807) is 24.4 Å². The van der Waals surface area contributed by atoms with Crippen LogP contribution in [-0.4, -0.2) is 28.5 Å². The van der Waals surface area contributed by atoms with Crippen molar-refractivity contribution < 1.29 is 19.1 Å². The first kappa shape index (κ1) is 22.7.